The van der Waals surface area contributed by atoms with Crippen LogP contribution in [0.25, 0.3) is 0 Å². The number of thioether (sulfide) groups is 1. The summed E-state index contributed by atoms with van der Waals surface area (Å²) < 4.78 is 0. The van der Waals surface area contributed by atoms with Crippen molar-refractivity contribution in [2.45, 2.75) is 25.8 Å². The van der Waals surface area contributed by atoms with E-state index >= 15 is 0 Å². The number of nitro groups is 1. The maximum absolute atomic E-state index is 10.9. The summed E-state index contributed by atoms with van der Waals surface area (Å²) in [4.78, 5) is 10.6. The first-order valence-electron chi connectivity index (χ1n) is 6.56. The fraction of sp³-hybridized carbons (Fsp3) is 0.538. The van der Waals surface area contributed by atoms with Gasteiger partial charge in [-0.25, -0.2) is 0 Å². The molecule has 5 nitrogen and oxygen atoms in total. The number of hydrogen-bond donors (Lipinski definition) is 2. The summed E-state index contributed by atoms with van der Waals surface area (Å²) in [5.74, 6) is 2.29. The molecule has 2 N–H and O–H groups in total. The quantitative estimate of drug-likeness (QED) is 0.640. The standard InChI is InChI=1S/C13H19N3O2S/c1-2-14-11-6-12(8-13(7-11)16(17)18)15-10-4-3-5-19-9-10/h6-8,10,14-15H,2-5,9H2,1H3. The van der Waals surface area contributed by atoms with E-state index in [4.69, 9.17) is 0 Å². The Bertz CT molecular complexity index is 448. The summed E-state index contributed by atoms with van der Waals surface area (Å²) in [5, 5.41) is 17.5. The molecule has 6 heteroatoms. The highest BCUT2D eigenvalue weighted by atomic mass is 32.2. The van der Waals surface area contributed by atoms with Gasteiger partial charge >= 0.3 is 0 Å². The molecule has 1 aliphatic rings. The Morgan fingerprint density at radius 3 is 2.84 bits per heavy atom. The second-order valence-corrected chi connectivity index (χ2v) is 5.76. The smallest absolute Gasteiger partial charge is 0.273 e. The minimum atomic E-state index is -0.346. The number of nitrogens with zero attached hydrogens (tertiary/aromatic N) is 1. The topological polar surface area (TPSA) is 67.2 Å². The van der Waals surface area contributed by atoms with Crippen molar-refractivity contribution in [3.05, 3.63) is 28.3 Å². The van der Waals surface area contributed by atoms with Crippen molar-refractivity contribution in [3.8, 4) is 0 Å². The van der Waals surface area contributed by atoms with Gasteiger partial charge in [0, 0.05) is 41.8 Å². The van der Waals surface area contributed by atoms with E-state index in [0.29, 0.717) is 6.04 Å². The highest BCUT2D eigenvalue weighted by Gasteiger charge is 2.15. The van der Waals surface area contributed by atoms with E-state index in [-0.39, 0.29) is 10.6 Å². The molecule has 1 aliphatic heterocycles. The van der Waals surface area contributed by atoms with Crippen LogP contribution < -0.4 is 10.6 Å². The lowest BCUT2D eigenvalue weighted by Gasteiger charge is -2.23. The second kappa shape index (κ2) is 6.65. The molecule has 19 heavy (non-hydrogen) atoms. The van der Waals surface area contributed by atoms with Crippen molar-refractivity contribution in [2.24, 2.45) is 0 Å². The van der Waals surface area contributed by atoms with Gasteiger partial charge in [0.1, 0.15) is 0 Å². The molecule has 104 valence electrons. The van der Waals surface area contributed by atoms with Crippen LogP contribution in [0, 0.1) is 10.1 Å². The molecule has 0 spiro atoms. The van der Waals surface area contributed by atoms with Crippen LogP contribution in [-0.4, -0.2) is 29.0 Å². The van der Waals surface area contributed by atoms with Crippen LogP contribution >= 0.6 is 11.8 Å². The van der Waals surface area contributed by atoms with Gasteiger partial charge in [-0.15, -0.1) is 0 Å². The molecule has 0 saturated carbocycles. The number of rotatable bonds is 5. The highest BCUT2D eigenvalue weighted by Crippen LogP contribution is 2.27. The Balaban J connectivity index is 2.15. The lowest BCUT2D eigenvalue weighted by molar-refractivity contribution is -0.384. The number of nitrogens with one attached hydrogen (secondary N) is 2. The Kier molecular flexibility index (Phi) is 4.90. The predicted octanol–water partition coefficient (Wildman–Crippen LogP) is 3.33. The third kappa shape index (κ3) is 4.02. The van der Waals surface area contributed by atoms with E-state index < -0.39 is 0 Å². The molecule has 0 aliphatic carbocycles. The lowest BCUT2D eigenvalue weighted by atomic mass is 10.1. The van der Waals surface area contributed by atoms with Crippen LogP contribution in [0.1, 0.15) is 19.8 Å². The molecule has 1 atom stereocenters. The normalized spacial score (nSPS) is 18.9. The number of hydrogen-bond acceptors (Lipinski definition) is 5. The highest BCUT2D eigenvalue weighted by molar-refractivity contribution is 7.99. The van der Waals surface area contributed by atoms with Gasteiger partial charge in [-0.05, 0) is 31.6 Å². The largest absolute Gasteiger partial charge is 0.385 e. The van der Waals surface area contributed by atoms with Gasteiger partial charge in [-0.2, -0.15) is 11.8 Å². The van der Waals surface area contributed by atoms with Crippen molar-refractivity contribution < 1.29 is 4.92 Å². The van der Waals surface area contributed by atoms with Crippen LogP contribution in [0.15, 0.2) is 18.2 Å². The van der Waals surface area contributed by atoms with Gasteiger partial charge in [0.15, 0.2) is 0 Å². The van der Waals surface area contributed by atoms with Crippen LogP contribution in [-0.2, 0) is 0 Å². The van der Waals surface area contributed by atoms with Gasteiger partial charge in [0.25, 0.3) is 5.69 Å². The summed E-state index contributed by atoms with van der Waals surface area (Å²) in [6.45, 7) is 2.73. The van der Waals surface area contributed by atoms with Gasteiger partial charge in [-0.3, -0.25) is 10.1 Å². The van der Waals surface area contributed by atoms with Crippen molar-refractivity contribution in [1.29, 1.82) is 0 Å². The Hall–Kier alpha value is -1.43. The van der Waals surface area contributed by atoms with E-state index in [1.807, 2.05) is 24.8 Å². The molecule has 1 aromatic rings. The van der Waals surface area contributed by atoms with Gasteiger partial charge in [-0.1, -0.05) is 0 Å². The van der Waals surface area contributed by atoms with Crippen LogP contribution in [0.4, 0.5) is 17.1 Å². The van der Waals surface area contributed by atoms with Crippen LogP contribution in [0.2, 0.25) is 0 Å². The number of nitro benzene ring substituents is 1. The molecular weight excluding hydrogens is 262 g/mol. The summed E-state index contributed by atoms with van der Waals surface area (Å²) in [7, 11) is 0. The van der Waals surface area contributed by atoms with Gasteiger partial charge in [0.2, 0.25) is 0 Å². The third-order valence-corrected chi connectivity index (χ3v) is 4.26. The third-order valence-electron chi connectivity index (χ3n) is 3.04. The summed E-state index contributed by atoms with van der Waals surface area (Å²) in [6, 6.07) is 5.54. The van der Waals surface area contributed by atoms with E-state index in [1.54, 1.807) is 12.1 Å². The Labute approximate surface area is 117 Å². The van der Waals surface area contributed by atoms with Crippen LogP contribution in [0.3, 0.4) is 0 Å². The molecule has 0 radical (unpaired) electrons. The molecule has 1 fully saturated rings. The van der Waals surface area contributed by atoms with Gasteiger partial charge < -0.3 is 10.6 Å². The maximum Gasteiger partial charge on any atom is 0.273 e. The number of non-ortho nitro benzene ring substituents is 1. The Morgan fingerprint density at radius 1 is 1.42 bits per heavy atom. The van der Waals surface area contributed by atoms with Crippen molar-refractivity contribution in [1.82, 2.24) is 0 Å². The summed E-state index contributed by atoms with van der Waals surface area (Å²) in [6.07, 6.45) is 2.34. The van der Waals surface area contributed by atoms with Gasteiger partial charge in [0.05, 0.1) is 4.92 Å². The SMILES string of the molecule is CCNc1cc(NC2CCCSC2)cc([N+](=O)[O-])c1. The molecule has 1 saturated heterocycles. The fourth-order valence-corrected chi connectivity index (χ4v) is 3.27. The summed E-state index contributed by atoms with van der Waals surface area (Å²) in [5.41, 5.74) is 1.75. The molecular formula is C13H19N3O2S. The minimum absolute atomic E-state index is 0.129. The number of benzene rings is 1. The first-order chi connectivity index (χ1) is 9.19. The van der Waals surface area contributed by atoms with E-state index in [9.17, 15) is 10.1 Å². The maximum atomic E-state index is 10.9. The zero-order valence-corrected chi connectivity index (χ0v) is 11.8. The fourth-order valence-electron chi connectivity index (χ4n) is 2.20. The molecule has 0 aromatic heterocycles. The first-order valence-corrected chi connectivity index (χ1v) is 7.72. The van der Waals surface area contributed by atoms with Crippen molar-refractivity contribution in [2.75, 3.05) is 28.7 Å². The monoisotopic (exact) mass is 281 g/mol. The molecule has 1 heterocycles. The Morgan fingerprint density at radius 2 is 2.21 bits per heavy atom. The zero-order valence-electron chi connectivity index (χ0n) is 11.0. The van der Waals surface area contributed by atoms with Crippen LogP contribution in [0.5, 0.6) is 0 Å². The van der Waals surface area contributed by atoms with E-state index in [0.717, 1.165) is 30.1 Å². The average molecular weight is 281 g/mol. The predicted molar refractivity (Wildman–Crippen MR) is 81.2 cm³/mol. The molecule has 0 amide bonds. The summed E-state index contributed by atoms with van der Waals surface area (Å²) >= 11 is 1.94. The minimum Gasteiger partial charge on any atom is -0.385 e. The zero-order chi connectivity index (χ0) is 13.7. The van der Waals surface area contributed by atoms with Crippen molar-refractivity contribution in [3.63, 3.8) is 0 Å². The molecule has 1 unspecified atom stereocenters. The van der Waals surface area contributed by atoms with Crippen molar-refractivity contribution >= 4 is 28.8 Å². The number of anilines is 2. The second-order valence-electron chi connectivity index (χ2n) is 4.61. The van der Waals surface area contributed by atoms with E-state index in [1.165, 1.54) is 12.2 Å². The first kappa shape index (κ1) is 14.0. The van der Waals surface area contributed by atoms with E-state index in [2.05, 4.69) is 10.6 Å². The average Bonchev–Trinajstić information content (AvgIpc) is 2.40. The molecule has 1 aromatic carbocycles. The molecule has 0 bridgehead atoms. The molecule has 2 rings (SSSR count). The lowest BCUT2D eigenvalue weighted by Crippen LogP contribution is -2.25.